The molecule has 0 aromatic rings. The van der Waals surface area contributed by atoms with Crippen LogP contribution in [-0.4, -0.2) is 0 Å². The molecule has 0 nitrogen and oxygen atoms in total. The van der Waals surface area contributed by atoms with E-state index in [1.54, 1.807) is 6.08 Å². The van der Waals surface area contributed by atoms with Gasteiger partial charge in [-0.05, 0) is 12.8 Å². The molecule has 0 heterocycles. The normalized spacial score (nSPS) is 8.62. The van der Waals surface area contributed by atoms with E-state index in [1.165, 1.54) is 0 Å². The van der Waals surface area contributed by atoms with E-state index in [-0.39, 0.29) is 0 Å². The first kappa shape index (κ1) is 7.48. The van der Waals surface area contributed by atoms with Crippen molar-refractivity contribution < 1.29 is 0 Å². The molecule has 1 radical (unpaired) electrons. The maximum Gasteiger partial charge on any atom is -0.0285 e. The lowest BCUT2D eigenvalue weighted by Crippen LogP contribution is -1.73. The average Bonchev–Trinajstić information content (AvgIpc) is 1.83. The molecule has 0 unspecified atom stereocenters. The van der Waals surface area contributed by atoms with Crippen molar-refractivity contribution in [2.24, 2.45) is 0 Å². The van der Waals surface area contributed by atoms with Gasteiger partial charge in [-0.25, -0.2) is 0 Å². The molecule has 0 fully saturated rings. The van der Waals surface area contributed by atoms with E-state index in [1.807, 2.05) is 0 Å². The molecule has 0 aliphatic rings. The zero-order chi connectivity index (χ0) is 6.41. The Kier molecular flexibility index (Phi) is 4.33. The van der Waals surface area contributed by atoms with Crippen molar-refractivity contribution in [1.82, 2.24) is 0 Å². The summed E-state index contributed by atoms with van der Waals surface area (Å²) in [6.45, 7) is 11.1. The van der Waals surface area contributed by atoms with Gasteiger partial charge in [0.1, 0.15) is 0 Å². The van der Waals surface area contributed by atoms with Gasteiger partial charge in [0.25, 0.3) is 0 Å². The molecule has 0 atom stereocenters. The Morgan fingerprint density at radius 3 is 2.50 bits per heavy atom. The highest BCUT2D eigenvalue weighted by atomic mass is 13.9. The molecule has 0 heteroatoms. The van der Waals surface area contributed by atoms with Crippen molar-refractivity contribution in [2.75, 3.05) is 0 Å². The van der Waals surface area contributed by atoms with E-state index in [0.29, 0.717) is 0 Å². The van der Waals surface area contributed by atoms with Crippen LogP contribution in [0, 0.1) is 6.92 Å². The monoisotopic (exact) mass is 109 g/mol. The largest absolute Gasteiger partial charge is 0.0988 e. The minimum absolute atomic E-state index is 0.993. The lowest BCUT2D eigenvalue weighted by Gasteiger charge is -1.93. The zero-order valence-corrected chi connectivity index (χ0v) is 5.32. The topological polar surface area (TPSA) is 0 Å². The minimum atomic E-state index is 0.993. The Morgan fingerprint density at radius 1 is 1.50 bits per heavy atom. The summed E-state index contributed by atoms with van der Waals surface area (Å²) >= 11 is 0. The summed E-state index contributed by atoms with van der Waals surface area (Å²) in [5.41, 5.74) is 1.12. The van der Waals surface area contributed by atoms with Crippen LogP contribution in [0.1, 0.15) is 19.3 Å². The van der Waals surface area contributed by atoms with Crippen LogP contribution >= 0.6 is 0 Å². The van der Waals surface area contributed by atoms with Crippen molar-refractivity contribution >= 4 is 0 Å². The Hall–Kier alpha value is -0.520. The second kappa shape index (κ2) is 4.63. The van der Waals surface area contributed by atoms with Crippen LogP contribution < -0.4 is 0 Å². The van der Waals surface area contributed by atoms with Crippen LogP contribution in [0.25, 0.3) is 0 Å². The number of hydrogen-bond acceptors (Lipinski definition) is 0. The molecule has 0 saturated carbocycles. The fourth-order valence-corrected chi connectivity index (χ4v) is 0.454. The molecule has 0 amide bonds. The highest BCUT2D eigenvalue weighted by Crippen LogP contribution is 2.03. The lowest BCUT2D eigenvalue weighted by atomic mass is 10.1. The van der Waals surface area contributed by atoms with Crippen LogP contribution in [-0.2, 0) is 0 Å². The molecule has 0 spiro atoms. The van der Waals surface area contributed by atoms with Crippen molar-refractivity contribution in [3.8, 4) is 0 Å². The molecule has 0 aromatic heterocycles. The Bertz CT molecular complexity index is 80.0. The molecule has 0 rings (SSSR count). The zero-order valence-electron chi connectivity index (χ0n) is 5.32. The van der Waals surface area contributed by atoms with Gasteiger partial charge in [-0.1, -0.05) is 38.2 Å². The van der Waals surface area contributed by atoms with Gasteiger partial charge < -0.3 is 0 Å². The predicted molar refractivity (Wildman–Crippen MR) is 38.5 cm³/mol. The Labute approximate surface area is 51.9 Å². The van der Waals surface area contributed by atoms with Crippen LogP contribution in [0.4, 0.5) is 0 Å². The van der Waals surface area contributed by atoms with Crippen LogP contribution in [0.5, 0.6) is 0 Å². The van der Waals surface area contributed by atoms with Crippen molar-refractivity contribution in [3.63, 3.8) is 0 Å². The minimum Gasteiger partial charge on any atom is -0.0988 e. The number of hydrogen-bond donors (Lipinski definition) is 0. The summed E-state index contributed by atoms with van der Waals surface area (Å²) in [4.78, 5) is 0. The molecule has 8 heavy (non-hydrogen) atoms. The molecule has 45 valence electrons. The summed E-state index contributed by atoms with van der Waals surface area (Å²) in [7, 11) is 0. The van der Waals surface area contributed by atoms with E-state index >= 15 is 0 Å². The van der Waals surface area contributed by atoms with E-state index in [2.05, 4.69) is 20.1 Å². The van der Waals surface area contributed by atoms with Gasteiger partial charge in [-0.15, -0.1) is 0 Å². The maximum atomic E-state index is 3.76. The van der Waals surface area contributed by atoms with E-state index in [4.69, 9.17) is 0 Å². The summed E-state index contributed by atoms with van der Waals surface area (Å²) in [5, 5.41) is 0. The Balaban J connectivity index is 3.11. The van der Waals surface area contributed by atoms with Crippen LogP contribution in [0.3, 0.4) is 0 Å². The van der Waals surface area contributed by atoms with E-state index in [0.717, 1.165) is 24.8 Å². The fraction of sp³-hybridized carbons (Fsp3) is 0.375. The molecule has 0 N–H and O–H groups in total. The molecule has 0 aliphatic carbocycles. The second-order valence-electron chi connectivity index (χ2n) is 1.82. The molecule has 0 saturated heterocycles. The van der Waals surface area contributed by atoms with Gasteiger partial charge in [0.05, 0.1) is 0 Å². The quantitative estimate of drug-likeness (QED) is 0.487. The number of unbranched alkanes of at least 4 members (excludes halogenated alkanes) is 1. The van der Waals surface area contributed by atoms with Crippen molar-refractivity contribution in [2.45, 2.75) is 19.3 Å². The van der Waals surface area contributed by atoms with Crippen LogP contribution in [0.2, 0.25) is 0 Å². The third kappa shape index (κ3) is 3.66. The van der Waals surface area contributed by atoms with E-state index < -0.39 is 0 Å². The Morgan fingerprint density at radius 2 is 2.12 bits per heavy atom. The first-order chi connectivity index (χ1) is 3.81. The predicted octanol–water partition coefficient (Wildman–Crippen LogP) is 2.73. The van der Waals surface area contributed by atoms with Crippen LogP contribution in [0.15, 0.2) is 24.8 Å². The molecule has 0 aliphatic heterocycles. The summed E-state index contributed by atoms with van der Waals surface area (Å²) in [5.74, 6) is 0. The maximum absolute atomic E-state index is 3.76. The van der Waals surface area contributed by atoms with Gasteiger partial charge in [-0.2, -0.15) is 0 Å². The summed E-state index contributed by atoms with van der Waals surface area (Å²) in [6, 6.07) is 0. The third-order valence-corrected chi connectivity index (χ3v) is 1.04. The first-order valence-electron chi connectivity index (χ1n) is 2.90. The number of allylic oxidation sites excluding steroid dienone is 2. The summed E-state index contributed by atoms with van der Waals surface area (Å²) < 4.78 is 0. The lowest BCUT2D eigenvalue weighted by molar-refractivity contribution is 0.847. The number of rotatable bonds is 4. The SMILES string of the molecule is [CH2]CCCC(=C)C=C. The highest BCUT2D eigenvalue weighted by Gasteiger charge is 1.83. The highest BCUT2D eigenvalue weighted by molar-refractivity contribution is 5.10. The van der Waals surface area contributed by atoms with Crippen molar-refractivity contribution in [3.05, 3.63) is 31.7 Å². The van der Waals surface area contributed by atoms with Gasteiger partial charge >= 0.3 is 0 Å². The van der Waals surface area contributed by atoms with Gasteiger partial charge in [0.15, 0.2) is 0 Å². The molecule has 0 aromatic carbocycles. The second-order valence-corrected chi connectivity index (χ2v) is 1.82. The van der Waals surface area contributed by atoms with Gasteiger partial charge in [-0.3, -0.25) is 0 Å². The fourth-order valence-electron chi connectivity index (χ4n) is 0.454. The van der Waals surface area contributed by atoms with Crippen molar-refractivity contribution in [1.29, 1.82) is 0 Å². The van der Waals surface area contributed by atoms with Gasteiger partial charge in [0.2, 0.25) is 0 Å². The molecular weight excluding hydrogens is 96.1 g/mol. The first-order valence-corrected chi connectivity index (χ1v) is 2.90. The third-order valence-electron chi connectivity index (χ3n) is 1.04. The van der Waals surface area contributed by atoms with E-state index in [9.17, 15) is 0 Å². The standard InChI is InChI=1S/C8H13/c1-4-6-7-8(3)5-2/h5H,1-4,6-7H2. The molecule has 0 bridgehead atoms. The molecular formula is C8H13. The van der Waals surface area contributed by atoms with Gasteiger partial charge in [0, 0.05) is 0 Å². The average molecular weight is 109 g/mol. The smallest absolute Gasteiger partial charge is 0.0285 e. The summed E-state index contributed by atoms with van der Waals surface area (Å²) in [6.07, 6.45) is 4.97.